The molecule has 0 radical (unpaired) electrons. The summed E-state index contributed by atoms with van der Waals surface area (Å²) in [5, 5.41) is 23.5. The quantitative estimate of drug-likeness (QED) is 0.609. The summed E-state index contributed by atoms with van der Waals surface area (Å²) in [5.74, 6) is 0.619. The molecule has 6 heteroatoms. The molecule has 0 aromatic heterocycles. The third-order valence-electron chi connectivity index (χ3n) is 2.97. The zero-order valence-electron chi connectivity index (χ0n) is 12.5. The minimum atomic E-state index is -0.858. The molecule has 120 valence electrons. The Morgan fingerprint density at radius 1 is 1.43 bits per heavy atom. The highest BCUT2D eigenvalue weighted by Crippen LogP contribution is 2.17. The van der Waals surface area contributed by atoms with Crippen LogP contribution in [0.4, 0.5) is 0 Å². The van der Waals surface area contributed by atoms with Crippen LogP contribution in [0.5, 0.6) is 5.75 Å². The molecule has 1 aromatic rings. The zero-order chi connectivity index (χ0) is 15.7. The van der Waals surface area contributed by atoms with E-state index in [-0.39, 0.29) is 6.61 Å². The van der Waals surface area contributed by atoms with E-state index in [4.69, 9.17) is 21.1 Å². The van der Waals surface area contributed by atoms with Crippen LogP contribution in [0.2, 0.25) is 5.02 Å². The van der Waals surface area contributed by atoms with E-state index in [1.54, 1.807) is 38.3 Å². The number of ether oxygens (including phenoxy) is 2. The minimum absolute atomic E-state index is 0.160. The summed E-state index contributed by atoms with van der Waals surface area (Å²) in [5.41, 5.74) is -0.858. The molecule has 2 unspecified atom stereocenters. The van der Waals surface area contributed by atoms with Crippen molar-refractivity contribution in [2.45, 2.75) is 25.0 Å². The van der Waals surface area contributed by atoms with Crippen LogP contribution >= 0.6 is 11.6 Å². The summed E-state index contributed by atoms with van der Waals surface area (Å²) in [6.45, 7) is 3.10. The first-order valence-corrected chi connectivity index (χ1v) is 7.29. The molecule has 0 fully saturated rings. The van der Waals surface area contributed by atoms with E-state index in [2.05, 4.69) is 5.32 Å². The van der Waals surface area contributed by atoms with E-state index in [9.17, 15) is 10.2 Å². The summed E-state index contributed by atoms with van der Waals surface area (Å²) in [6, 6.07) is 7.02. The number of aliphatic hydroxyl groups is 2. The van der Waals surface area contributed by atoms with Crippen molar-refractivity contribution in [1.29, 1.82) is 0 Å². The van der Waals surface area contributed by atoms with Crippen molar-refractivity contribution in [3.8, 4) is 5.75 Å². The number of nitrogens with one attached hydrogen (secondary N) is 1. The highest BCUT2D eigenvalue weighted by atomic mass is 35.5. The highest BCUT2D eigenvalue weighted by Gasteiger charge is 2.19. The van der Waals surface area contributed by atoms with Gasteiger partial charge >= 0.3 is 0 Å². The van der Waals surface area contributed by atoms with Gasteiger partial charge in [0, 0.05) is 38.2 Å². The molecule has 0 spiro atoms. The maximum atomic E-state index is 10.0. The van der Waals surface area contributed by atoms with Gasteiger partial charge in [0.2, 0.25) is 0 Å². The van der Waals surface area contributed by atoms with Gasteiger partial charge in [-0.3, -0.25) is 0 Å². The number of methoxy groups -OCH3 is 1. The standard InChI is InChI=1S/C15H24ClNO4/c1-15(19,6-7-20-2)11-17-9-13(18)10-21-14-5-3-4-12(16)8-14/h3-5,8,13,17-19H,6-7,9-11H2,1-2H3. The zero-order valence-corrected chi connectivity index (χ0v) is 13.3. The second-order valence-corrected chi connectivity index (χ2v) is 5.73. The Labute approximate surface area is 130 Å². The van der Waals surface area contributed by atoms with Gasteiger partial charge < -0.3 is 25.0 Å². The van der Waals surface area contributed by atoms with Gasteiger partial charge in [-0.1, -0.05) is 17.7 Å². The van der Waals surface area contributed by atoms with Crippen LogP contribution in [0.1, 0.15) is 13.3 Å². The first-order chi connectivity index (χ1) is 9.93. The lowest BCUT2D eigenvalue weighted by Crippen LogP contribution is -2.42. The van der Waals surface area contributed by atoms with Crippen molar-refractivity contribution in [3.05, 3.63) is 29.3 Å². The smallest absolute Gasteiger partial charge is 0.120 e. The van der Waals surface area contributed by atoms with Gasteiger partial charge in [-0.05, 0) is 25.1 Å². The molecule has 0 saturated heterocycles. The molecule has 0 aliphatic heterocycles. The van der Waals surface area contributed by atoms with E-state index in [0.29, 0.717) is 36.9 Å². The summed E-state index contributed by atoms with van der Waals surface area (Å²) in [6.07, 6.45) is -0.131. The lowest BCUT2D eigenvalue weighted by atomic mass is 10.0. The summed E-state index contributed by atoms with van der Waals surface area (Å²) >= 11 is 5.84. The third-order valence-corrected chi connectivity index (χ3v) is 3.20. The monoisotopic (exact) mass is 317 g/mol. The number of rotatable bonds is 10. The summed E-state index contributed by atoms with van der Waals surface area (Å²) < 4.78 is 10.4. The normalized spacial score (nSPS) is 15.5. The van der Waals surface area contributed by atoms with Gasteiger partial charge in [0.25, 0.3) is 0 Å². The van der Waals surface area contributed by atoms with Crippen molar-refractivity contribution in [3.63, 3.8) is 0 Å². The van der Waals surface area contributed by atoms with E-state index < -0.39 is 11.7 Å². The Bertz CT molecular complexity index is 414. The van der Waals surface area contributed by atoms with E-state index in [1.165, 1.54) is 0 Å². The van der Waals surface area contributed by atoms with Gasteiger partial charge in [-0.2, -0.15) is 0 Å². The van der Waals surface area contributed by atoms with Crippen LogP contribution in [0.3, 0.4) is 0 Å². The van der Waals surface area contributed by atoms with Crippen LogP contribution in [0.15, 0.2) is 24.3 Å². The minimum Gasteiger partial charge on any atom is -0.491 e. The Morgan fingerprint density at radius 3 is 2.86 bits per heavy atom. The van der Waals surface area contributed by atoms with Crippen molar-refractivity contribution in [1.82, 2.24) is 5.32 Å². The average molecular weight is 318 g/mol. The molecule has 3 N–H and O–H groups in total. The molecule has 0 bridgehead atoms. The van der Waals surface area contributed by atoms with Gasteiger partial charge in [0.15, 0.2) is 0 Å². The molecular formula is C15H24ClNO4. The van der Waals surface area contributed by atoms with Crippen LogP contribution in [-0.4, -0.2) is 55.3 Å². The second kappa shape index (κ2) is 9.23. The molecule has 5 nitrogen and oxygen atoms in total. The topological polar surface area (TPSA) is 71.0 Å². The maximum absolute atomic E-state index is 10.0. The molecule has 0 saturated carbocycles. The predicted molar refractivity (Wildman–Crippen MR) is 82.9 cm³/mol. The Kier molecular flexibility index (Phi) is 8.00. The second-order valence-electron chi connectivity index (χ2n) is 5.29. The number of hydrogen-bond donors (Lipinski definition) is 3. The number of halogens is 1. The Morgan fingerprint density at radius 2 is 2.19 bits per heavy atom. The van der Waals surface area contributed by atoms with Crippen molar-refractivity contribution >= 4 is 11.6 Å². The van der Waals surface area contributed by atoms with Gasteiger partial charge in [-0.25, -0.2) is 0 Å². The molecule has 0 aliphatic carbocycles. The lowest BCUT2D eigenvalue weighted by Gasteiger charge is -2.24. The molecule has 1 rings (SSSR count). The maximum Gasteiger partial charge on any atom is 0.120 e. The van der Waals surface area contributed by atoms with Crippen molar-refractivity contribution in [2.75, 3.05) is 33.4 Å². The SMILES string of the molecule is COCCC(C)(O)CNCC(O)COc1cccc(Cl)c1. The highest BCUT2D eigenvalue weighted by molar-refractivity contribution is 6.30. The molecular weight excluding hydrogens is 294 g/mol. The molecule has 21 heavy (non-hydrogen) atoms. The molecule has 2 atom stereocenters. The van der Waals surface area contributed by atoms with Crippen LogP contribution < -0.4 is 10.1 Å². The Hall–Kier alpha value is -0.850. The average Bonchev–Trinajstić information content (AvgIpc) is 2.43. The molecule has 0 aliphatic rings. The van der Waals surface area contributed by atoms with Crippen molar-refractivity contribution < 1.29 is 19.7 Å². The van der Waals surface area contributed by atoms with Crippen LogP contribution in [0, 0.1) is 0 Å². The first kappa shape index (κ1) is 18.2. The van der Waals surface area contributed by atoms with Gasteiger partial charge in [0.1, 0.15) is 18.5 Å². The fourth-order valence-electron chi connectivity index (χ4n) is 1.73. The number of aliphatic hydroxyl groups excluding tert-OH is 1. The fraction of sp³-hybridized carbons (Fsp3) is 0.600. The largest absolute Gasteiger partial charge is 0.491 e. The third kappa shape index (κ3) is 8.24. The van der Waals surface area contributed by atoms with E-state index in [1.807, 2.05) is 0 Å². The van der Waals surface area contributed by atoms with E-state index in [0.717, 1.165) is 0 Å². The van der Waals surface area contributed by atoms with Crippen molar-refractivity contribution in [2.24, 2.45) is 0 Å². The Balaban J connectivity index is 2.20. The van der Waals surface area contributed by atoms with E-state index >= 15 is 0 Å². The molecule has 1 aromatic carbocycles. The summed E-state index contributed by atoms with van der Waals surface area (Å²) in [4.78, 5) is 0. The fourth-order valence-corrected chi connectivity index (χ4v) is 1.91. The summed E-state index contributed by atoms with van der Waals surface area (Å²) in [7, 11) is 1.60. The van der Waals surface area contributed by atoms with Gasteiger partial charge in [-0.15, -0.1) is 0 Å². The van der Waals surface area contributed by atoms with Gasteiger partial charge in [0.05, 0.1) is 5.60 Å². The predicted octanol–water partition coefficient (Wildman–Crippen LogP) is 1.46. The molecule has 0 heterocycles. The number of benzene rings is 1. The van der Waals surface area contributed by atoms with Crippen LogP contribution in [0.25, 0.3) is 0 Å². The number of hydrogen-bond acceptors (Lipinski definition) is 5. The van der Waals surface area contributed by atoms with Crippen LogP contribution in [-0.2, 0) is 4.74 Å². The lowest BCUT2D eigenvalue weighted by molar-refractivity contribution is 0.0208. The molecule has 0 amide bonds. The first-order valence-electron chi connectivity index (χ1n) is 6.91.